The molecule has 0 N–H and O–H groups in total. The molecule has 3 nitrogen and oxygen atoms in total. The Bertz CT molecular complexity index is 1330. The number of hydrogen-bond donors (Lipinski definition) is 0. The van der Waals surface area contributed by atoms with Crippen molar-refractivity contribution in [3.05, 3.63) is 81.6 Å². The summed E-state index contributed by atoms with van der Waals surface area (Å²) in [4.78, 5) is 12.2. The molecular weight excluding hydrogens is 380 g/mol. The Balaban J connectivity index is 1.88. The summed E-state index contributed by atoms with van der Waals surface area (Å²) in [7, 11) is 0. The molecule has 3 aromatic carbocycles. The highest BCUT2D eigenvalue weighted by Crippen LogP contribution is 2.35. The van der Waals surface area contributed by atoms with Crippen LogP contribution in [0, 0.1) is 0 Å². The molecule has 5 rings (SSSR count). The Labute approximate surface area is 150 Å². The molecule has 2 aromatic heterocycles. The van der Waals surface area contributed by atoms with Crippen LogP contribution in [-0.4, -0.2) is 0 Å². The van der Waals surface area contributed by atoms with Crippen LogP contribution in [0.15, 0.2) is 84.8 Å². The van der Waals surface area contributed by atoms with E-state index in [1.165, 1.54) is 6.07 Å². The quantitative estimate of drug-likeness (QED) is 0.255. The Morgan fingerprint density at radius 2 is 1.64 bits per heavy atom. The predicted octanol–water partition coefficient (Wildman–Crippen LogP) is 6.12. The van der Waals surface area contributed by atoms with Gasteiger partial charge in [-0.2, -0.15) is 0 Å². The zero-order valence-corrected chi connectivity index (χ0v) is 14.5. The number of furan rings is 1. The second-order valence-electron chi connectivity index (χ2n) is 5.94. The van der Waals surface area contributed by atoms with Gasteiger partial charge < -0.3 is 8.83 Å². The molecule has 0 aliphatic carbocycles. The van der Waals surface area contributed by atoms with Crippen molar-refractivity contribution in [3.8, 4) is 11.3 Å². The minimum Gasteiger partial charge on any atom is -0.456 e. The van der Waals surface area contributed by atoms with E-state index in [1.54, 1.807) is 0 Å². The molecule has 120 valence electrons. The minimum atomic E-state index is -0.388. The Morgan fingerprint density at radius 3 is 2.56 bits per heavy atom. The van der Waals surface area contributed by atoms with Gasteiger partial charge in [0, 0.05) is 32.3 Å². The van der Waals surface area contributed by atoms with Gasteiger partial charge in [-0.3, -0.25) is 0 Å². The van der Waals surface area contributed by atoms with Crippen molar-refractivity contribution in [3.63, 3.8) is 0 Å². The van der Waals surface area contributed by atoms with Crippen LogP contribution in [-0.2, 0) is 0 Å². The molecule has 25 heavy (non-hydrogen) atoms. The summed E-state index contributed by atoms with van der Waals surface area (Å²) < 4.78 is 12.5. The van der Waals surface area contributed by atoms with Crippen molar-refractivity contribution >= 4 is 48.6 Å². The molecule has 0 aliphatic rings. The highest BCUT2D eigenvalue weighted by atomic mass is 79.9. The number of hydrogen-bond acceptors (Lipinski definition) is 3. The van der Waals surface area contributed by atoms with Gasteiger partial charge in [-0.15, -0.1) is 0 Å². The lowest BCUT2D eigenvalue weighted by molar-refractivity contribution is 0.563. The second-order valence-corrected chi connectivity index (χ2v) is 6.85. The van der Waals surface area contributed by atoms with Gasteiger partial charge in [-0.25, -0.2) is 4.79 Å². The third-order valence-corrected chi connectivity index (χ3v) is 4.87. The summed E-state index contributed by atoms with van der Waals surface area (Å²) in [5.41, 5.74) is 1.72. The van der Waals surface area contributed by atoms with Crippen LogP contribution >= 0.6 is 15.9 Å². The first kappa shape index (κ1) is 14.5. The lowest BCUT2D eigenvalue weighted by Gasteiger charge is -2.05. The molecule has 0 aliphatic heterocycles. The Hall–Kier alpha value is -2.85. The number of fused-ring (bicyclic) bond motifs is 4. The van der Waals surface area contributed by atoms with E-state index in [0.717, 1.165) is 37.2 Å². The van der Waals surface area contributed by atoms with E-state index in [4.69, 9.17) is 8.83 Å². The van der Waals surface area contributed by atoms with E-state index < -0.39 is 0 Å². The maximum atomic E-state index is 12.2. The van der Waals surface area contributed by atoms with E-state index in [2.05, 4.69) is 15.9 Å². The summed E-state index contributed by atoms with van der Waals surface area (Å²) in [6.45, 7) is 0. The average Bonchev–Trinajstić information content (AvgIpc) is 3.04. The first-order valence-electron chi connectivity index (χ1n) is 7.84. The molecule has 0 atom stereocenters. The third-order valence-electron chi connectivity index (χ3n) is 4.38. The van der Waals surface area contributed by atoms with Crippen molar-refractivity contribution in [2.45, 2.75) is 0 Å². The van der Waals surface area contributed by atoms with E-state index in [0.29, 0.717) is 11.3 Å². The fourth-order valence-corrected chi connectivity index (χ4v) is 3.62. The topological polar surface area (TPSA) is 43.4 Å². The first-order valence-corrected chi connectivity index (χ1v) is 8.63. The SMILES string of the molecule is O=c1cc(-c2cc3cc(Br)ccc3o2)c2ccc3ccccc3c2o1. The normalized spacial score (nSPS) is 11.6. The van der Waals surface area contributed by atoms with Crippen LogP contribution in [0.4, 0.5) is 0 Å². The number of rotatable bonds is 1. The van der Waals surface area contributed by atoms with Gasteiger partial charge in [0.25, 0.3) is 0 Å². The van der Waals surface area contributed by atoms with Crippen LogP contribution in [0.1, 0.15) is 0 Å². The van der Waals surface area contributed by atoms with E-state index >= 15 is 0 Å². The highest BCUT2D eigenvalue weighted by molar-refractivity contribution is 9.10. The van der Waals surface area contributed by atoms with Crippen molar-refractivity contribution < 1.29 is 8.83 Å². The number of halogens is 1. The summed E-state index contributed by atoms with van der Waals surface area (Å²) in [5.74, 6) is 0.654. The minimum absolute atomic E-state index is 0.388. The van der Waals surface area contributed by atoms with Gasteiger partial charge in [0.2, 0.25) is 0 Å². The zero-order chi connectivity index (χ0) is 17.0. The van der Waals surface area contributed by atoms with Gasteiger partial charge in [0.05, 0.1) is 0 Å². The van der Waals surface area contributed by atoms with Crippen molar-refractivity contribution in [1.29, 1.82) is 0 Å². The maximum Gasteiger partial charge on any atom is 0.336 e. The second kappa shape index (κ2) is 5.33. The lowest BCUT2D eigenvalue weighted by Crippen LogP contribution is -1.98. The Kier molecular flexibility index (Phi) is 3.09. The summed E-state index contributed by atoms with van der Waals surface area (Å²) in [6, 6.07) is 21.1. The largest absolute Gasteiger partial charge is 0.456 e. The summed E-state index contributed by atoms with van der Waals surface area (Å²) in [6.07, 6.45) is 0. The monoisotopic (exact) mass is 390 g/mol. The van der Waals surface area contributed by atoms with Gasteiger partial charge >= 0.3 is 5.63 Å². The highest BCUT2D eigenvalue weighted by Gasteiger charge is 2.14. The summed E-state index contributed by atoms with van der Waals surface area (Å²) >= 11 is 3.47. The van der Waals surface area contributed by atoms with E-state index in [-0.39, 0.29) is 5.63 Å². The fourth-order valence-electron chi connectivity index (χ4n) is 3.24. The number of benzene rings is 3. The molecule has 2 heterocycles. The molecule has 4 heteroatoms. The molecule has 0 saturated carbocycles. The third kappa shape index (κ3) is 2.29. The lowest BCUT2D eigenvalue weighted by atomic mass is 10.0. The molecule has 0 fully saturated rings. The average molecular weight is 391 g/mol. The van der Waals surface area contributed by atoms with E-state index in [1.807, 2.05) is 60.7 Å². The van der Waals surface area contributed by atoms with Gasteiger partial charge in [0.1, 0.15) is 16.9 Å². The van der Waals surface area contributed by atoms with Crippen molar-refractivity contribution in [1.82, 2.24) is 0 Å². The first-order chi connectivity index (χ1) is 12.2. The molecule has 0 amide bonds. The van der Waals surface area contributed by atoms with Gasteiger partial charge in [-0.05, 0) is 35.7 Å². The van der Waals surface area contributed by atoms with Crippen LogP contribution in [0.2, 0.25) is 0 Å². The zero-order valence-electron chi connectivity index (χ0n) is 13.0. The van der Waals surface area contributed by atoms with Crippen LogP contribution in [0.3, 0.4) is 0 Å². The molecule has 0 saturated heterocycles. The Morgan fingerprint density at radius 1 is 0.760 bits per heavy atom. The smallest absolute Gasteiger partial charge is 0.336 e. The molecule has 5 aromatic rings. The molecule has 0 unspecified atom stereocenters. The van der Waals surface area contributed by atoms with Crippen LogP contribution in [0.5, 0.6) is 0 Å². The molecule has 0 spiro atoms. The predicted molar refractivity (Wildman–Crippen MR) is 103 cm³/mol. The fraction of sp³-hybridized carbons (Fsp3) is 0. The van der Waals surface area contributed by atoms with Gasteiger partial charge in [-0.1, -0.05) is 46.3 Å². The van der Waals surface area contributed by atoms with Crippen molar-refractivity contribution in [2.24, 2.45) is 0 Å². The van der Waals surface area contributed by atoms with Gasteiger partial charge in [0.15, 0.2) is 0 Å². The molecule has 0 radical (unpaired) electrons. The standard InChI is InChI=1S/C21H11BrO3/c22-14-6-8-18-13(9-14)10-19(24-18)17-11-20(23)25-21-15-4-2-1-3-12(15)5-7-16(17)21/h1-11H. The molecule has 0 bridgehead atoms. The van der Waals surface area contributed by atoms with Crippen molar-refractivity contribution in [2.75, 3.05) is 0 Å². The van der Waals surface area contributed by atoms with Crippen LogP contribution < -0.4 is 5.63 Å². The van der Waals surface area contributed by atoms with Crippen LogP contribution in [0.25, 0.3) is 44.0 Å². The maximum absolute atomic E-state index is 12.2. The van der Waals surface area contributed by atoms with E-state index in [9.17, 15) is 4.79 Å². The molecular formula is C21H11BrO3. The summed E-state index contributed by atoms with van der Waals surface area (Å²) in [5, 5.41) is 3.78.